The van der Waals surface area contributed by atoms with Crippen molar-refractivity contribution in [2.45, 2.75) is 26.8 Å². The fourth-order valence-corrected chi connectivity index (χ4v) is 2.60. The summed E-state index contributed by atoms with van der Waals surface area (Å²) < 4.78 is 5.40. The molecule has 2 heteroatoms. The smallest absolute Gasteiger partial charge is 0.124 e. The third-order valence-corrected chi connectivity index (χ3v) is 3.57. The molecule has 100 valence electrons. The van der Waals surface area contributed by atoms with Crippen LogP contribution >= 0.6 is 0 Å². The van der Waals surface area contributed by atoms with Crippen LogP contribution in [0.2, 0.25) is 0 Å². The molecule has 0 fully saturated rings. The summed E-state index contributed by atoms with van der Waals surface area (Å²) in [6.45, 7) is 6.21. The molecule has 0 amide bonds. The minimum Gasteiger partial charge on any atom is -0.496 e. The molecule has 2 nitrogen and oxygen atoms in total. The number of rotatable bonds is 3. The van der Waals surface area contributed by atoms with Gasteiger partial charge in [0.1, 0.15) is 5.75 Å². The molecule has 2 aromatic carbocycles. The van der Waals surface area contributed by atoms with Crippen molar-refractivity contribution >= 4 is 0 Å². The average Bonchev–Trinajstić information content (AvgIpc) is 2.38. The SMILES string of the molecule is COc1c(C)cc(C(N)c2ccccc2C)cc1C. The molecule has 0 radical (unpaired) electrons. The van der Waals surface area contributed by atoms with E-state index in [1.165, 1.54) is 11.1 Å². The minimum absolute atomic E-state index is 0.0930. The molecule has 0 aliphatic rings. The van der Waals surface area contributed by atoms with Crippen LogP contribution < -0.4 is 10.5 Å². The summed E-state index contributed by atoms with van der Waals surface area (Å²) in [5, 5.41) is 0. The normalized spacial score (nSPS) is 12.3. The first kappa shape index (κ1) is 13.6. The van der Waals surface area contributed by atoms with Gasteiger partial charge >= 0.3 is 0 Å². The fraction of sp³-hybridized carbons (Fsp3) is 0.294. The first-order valence-corrected chi connectivity index (χ1v) is 6.51. The Balaban J connectivity index is 2.45. The zero-order chi connectivity index (χ0) is 14.0. The predicted octanol–water partition coefficient (Wildman–Crippen LogP) is 3.67. The molecule has 0 saturated heterocycles. The summed E-state index contributed by atoms with van der Waals surface area (Å²) in [5.74, 6) is 0.945. The van der Waals surface area contributed by atoms with E-state index in [4.69, 9.17) is 10.5 Å². The van der Waals surface area contributed by atoms with Crippen LogP contribution in [0.15, 0.2) is 36.4 Å². The van der Waals surface area contributed by atoms with E-state index in [1.807, 2.05) is 12.1 Å². The lowest BCUT2D eigenvalue weighted by molar-refractivity contribution is 0.408. The molecule has 2 rings (SSSR count). The van der Waals surface area contributed by atoms with Crippen molar-refractivity contribution in [3.8, 4) is 5.75 Å². The molecular weight excluding hydrogens is 234 g/mol. The highest BCUT2D eigenvalue weighted by Gasteiger charge is 2.14. The number of hydrogen-bond donors (Lipinski definition) is 1. The first-order valence-electron chi connectivity index (χ1n) is 6.51. The lowest BCUT2D eigenvalue weighted by Crippen LogP contribution is -2.14. The van der Waals surface area contributed by atoms with Gasteiger partial charge in [0.25, 0.3) is 0 Å². The van der Waals surface area contributed by atoms with Gasteiger partial charge in [-0.05, 0) is 48.6 Å². The zero-order valence-electron chi connectivity index (χ0n) is 12.0. The van der Waals surface area contributed by atoms with E-state index in [0.29, 0.717) is 0 Å². The number of nitrogens with two attached hydrogens (primary N) is 1. The summed E-state index contributed by atoms with van der Waals surface area (Å²) in [5.41, 5.74) is 12.2. The standard InChI is InChI=1S/C17H21NO/c1-11-7-5-6-8-15(11)16(18)14-9-12(2)17(19-4)13(3)10-14/h5-10,16H,18H2,1-4H3. The van der Waals surface area contributed by atoms with Gasteiger partial charge in [-0.2, -0.15) is 0 Å². The van der Waals surface area contributed by atoms with Crippen LogP contribution in [-0.2, 0) is 0 Å². The molecule has 0 bridgehead atoms. The Labute approximate surface area is 115 Å². The van der Waals surface area contributed by atoms with Crippen LogP contribution in [0.5, 0.6) is 5.75 Å². The quantitative estimate of drug-likeness (QED) is 0.908. The van der Waals surface area contributed by atoms with Gasteiger partial charge in [-0.1, -0.05) is 36.4 Å². The van der Waals surface area contributed by atoms with E-state index in [1.54, 1.807) is 7.11 Å². The summed E-state index contributed by atoms with van der Waals surface area (Å²) in [6.07, 6.45) is 0. The van der Waals surface area contributed by atoms with Crippen molar-refractivity contribution in [3.05, 3.63) is 64.2 Å². The number of aryl methyl sites for hydroxylation is 3. The van der Waals surface area contributed by atoms with Crippen molar-refractivity contribution in [1.29, 1.82) is 0 Å². The topological polar surface area (TPSA) is 35.2 Å². The highest BCUT2D eigenvalue weighted by molar-refractivity contribution is 5.47. The van der Waals surface area contributed by atoms with Crippen molar-refractivity contribution in [1.82, 2.24) is 0 Å². The summed E-state index contributed by atoms with van der Waals surface area (Å²) in [7, 11) is 1.70. The fourth-order valence-electron chi connectivity index (χ4n) is 2.60. The van der Waals surface area contributed by atoms with Crippen molar-refractivity contribution in [3.63, 3.8) is 0 Å². The Hall–Kier alpha value is -1.80. The van der Waals surface area contributed by atoms with Crippen LogP contribution in [0.1, 0.15) is 33.9 Å². The van der Waals surface area contributed by atoms with Gasteiger partial charge in [0, 0.05) is 0 Å². The molecule has 19 heavy (non-hydrogen) atoms. The molecule has 0 aromatic heterocycles. The minimum atomic E-state index is -0.0930. The van der Waals surface area contributed by atoms with Crippen molar-refractivity contribution in [2.24, 2.45) is 5.73 Å². The molecule has 0 heterocycles. The zero-order valence-corrected chi connectivity index (χ0v) is 12.0. The van der Waals surface area contributed by atoms with E-state index in [-0.39, 0.29) is 6.04 Å². The molecule has 0 aliphatic carbocycles. The van der Waals surface area contributed by atoms with Gasteiger partial charge in [0.2, 0.25) is 0 Å². The second-order valence-corrected chi connectivity index (χ2v) is 5.02. The summed E-state index contributed by atoms with van der Waals surface area (Å²) >= 11 is 0. The van der Waals surface area contributed by atoms with Gasteiger partial charge in [-0.25, -0.2) is 0 Å². The lowest BCUT2D eigenvalue weighted by Gasteiger charge is -2.18. The third-order valence-electron chi connectivity index (χ3n) is 3.57. The van der Waals surface area contributed by atoms with Crippen molar-refractivity contribution in [2.75, 3.05) is 7.11 Å². The highest BCUT2D eigenvalue weighted by atomic mass is 16.5. The van der Waals surface area contributed by atoms with Crippen LogP contribution in [0.4, 0.5) is 0 Å². The molecule has 0 spiro atoms. The molecule has 0 aliphatic heterocycles. The van der Waals surface area contributed by atoms with E-state index in [2.05, 4.69) is 45.0 Å². The van der Waals surface area contributed by atoms with Gasteiger partial charge in [0.15, 0.2) is 0 Å². The van der Waals surface area contributed by atoms with Crippen LogP contribution in [-0.4, -0.2) is 7.11 Å². The molecule has 1 atom stereocenters. The molecule has 0 saturated carbocycles. The molecule has 2 N–H and O–H groups in total. The van der Waals surface area contributed by atoms with E-state index in [9.17, 15) is 0 Å². The third kappa shape index (κ3) is 2.64. The van der Waals surface area contributed by atoms with Crippen LogP contribution in [0, 0.1) is 20.8 Å². The van der Waals surface area contributed by atoms with Gasteiger partial charge in [0.05, 0.1) is 13.2 Å². The van der Waals surface area contributed by atoms with Crippen molar-refractivity contribution < 1.29 is 4.74 Å². The average molecular weight is 255 g/mol. The predicted molar refractivity (Wildman–Crippen MR) is 79.7 cm³/mol. The first-order chi connectivity index (χ1) is 9.04. The molecular formula is C17H21NO. The van der Waals surface area contributed by atoms with Gasteiger partial charge < -0.3 is 10.5 Å². The maximum Gasteiger partial charge on any atom is 0.124 e. The number of benzene rings is 2. The second-order valence-electron chi connectivity index (χ2n) is 5.02. The Bertz CT molecular complexity index is 567. The van der Waals surface area contributed by atoms with E-state index in [0.717, 1.165) is 22.4 Å². The number of ether oxygens (including phenoxy) is 1. The summed E-state index contributed by atoms with van der Waals surface area (Å²) in [6, 6.07) is 12.4. The van der Waals surface area contributed by atoms with Gasteiger partial charge in [-0.15, -0.1) is 0 Å². The van der Waals surface area contributed by atoms with Crippen LogP contribution in [0.25, 0.3) is 0 Å². The molecule has 2 aromatic rings. The Morgan fingerprint density at radius 1 is 0.947 bits per heavy atom. The molecule has 1 unspecified atom stereocenters. The lowest BCUT2D eigenvalue weighted by atomic mass is 9.93. The second kappa shape index (κ2) is 5.45. The van der Waals surface area contributed by atoms with Gasteiger partial charge in [-0.3, -0.25) is 0 Å². The Morgan fingerprint density at radius 3 is 2.05 bits per heavy atom. The maximum absolute atomic E-state index is 6.41. The number of hydrogen-bond acceptors (Lipinski definition) is 2. The van der Waals surface area contributed by atoms with E-state index >= 15 is 0 Å². The Kier molecular flexibility index (Phi) is 3.91. The number of methoxy groups -OCH3 is 1. The Morgan fingerprint density at radius 2 is 1.53 bits per heavy atom. The largest absolute Gasteiger partial charge is 0.496 e. The highest BCUT2D eigenvalue weighted by Crippen LogP contribution is 2.29. The monoisotopic (exact) mass is 255 g/mol. The van der Waals surface area contributed by atoms with E-state index < -0.39 is 0 Å². The maximum atomic E-state index is 6.41. The van der Waals surface area contributed by atoms with Crippen LogP contribution in [0.3, 0.4) is 0 Å². The summed E-state index contributed by atoms with van der Waals surface area (Å²) in [4.78, 5) is 0.